The molecule has 264 valence electrons. The Kier molecular flexibility index (Phi) is 13.6. The van der Waals surface area contributed by atoms with E-state index in [1.165, 1.54) is 6.92 Å². The SMILES string of the molecule is CC(=O)O[C@H]1CCCC[C@@H]1OC1OC(COCc2ccccc2)C(OCc2ccccc2)C(OCc2ccccc2)C1OCc1ccccc1. The van der Waals surface area contributed by atoms with Gasteiger partial charge < -0.3 is 33.2 Å². The van der Waals surface area contributed by atoms with Gasteiger partial charge in [0.1, 0.15) is 30.5 Å². The first-order valence-electron chi connectivity index (χ1n) is 17.7. The summed E-state index contributed by atoms with van der Waals surface area (Å²) >= 11 is 0. The number of hydrogen-bond donors (Lipinski definition) is 0. The number of esters is 1. The molecule has 0 aromatic heterocycles. The lowest BCUT2D eigenvalue weighted by Crippen LogP contribution is -2.62. The molecule has 4 aromatic rings. The van der Waals surface area contributed by atoms with Crippen LogP contribution in [0.25, 0.3) is 0 Å². The van der Waals surface area contributed by atoms with Crippen molar-refractivity contribution in [3.63, 3.8) is 0 Å². The van der Waals surface area contributed by atoms with E-state index in [1.807, 2.05) is 121 Å². The second-order valence-electron chi connectivity index (χ2n) is 12.9. The van der Waals surface area contributed by atoms with Gasteiger partial charge in [-0.25, -0.2) is 0 Å². The fourth-order valence-corrected chi connectivity index (χ4v) is 6.60. The van der Waals surface area contributed by atoms with Crippen LogP contribution in [0.3, 0.4) is 0 Å². The van der Waals surface area contributed by atoms with Crippen molar-refractivity contribution >= 4 is 5.97 Å². The molecular formula is C42H48O8. The molecule has 6 rings (SSSR count). The van der Waals surface area contributed by atoms with Gasteiger partial charge in [-0.2, -0.15) is 0 Å². The van der Waals surface area contributed by atoms with Gasteiger partial charge >= 0.3 is 5.97 Å². The molecule has 2 aliphatic rings. The maximum atomic E-state index is 12.1. The molecule has 2 fully saturated rings. The summed E-state index contributed by atoms with van der Waals surface area (Å²) in [5.41, 5.74) is 4.13. The van der Waals surface area contributed by atoms with Crippen LogP contribution in [0.15, 0.2) is 121 Å². The summed E-state index contributed by atoms with van der Waals surface area (Å²) in [6, 6.07) is 40.2. The number of ether oxygens (including phenoxy) is 7. The van der Waals surface area contributed by atoms with Gasteiger partial charge in [0.2, 0.25) is 0 Å². The zero-order chi connectivity index (χ0) is 34.4. The van der Waals surface area contributed by atoms with E-state index in [0.29, 0.717) is 26.4 Å². The molecule has 5 unspecified atom stereocenters. The van der Waals surface area contributed by atoms with Crippen molar-refractivity contribution in [1.82, 2.24) is 0 Å². The Bertz CT molecular complexity index is 1540. The Morgan fingerprint density at radius 3 is 1.52 bits per heavy atom. The molecule has 1 aliphatic heterocycles. The number of rotatable bonds is 16. The van der Waals surface area contributed by atoms with Crippen molar-refractivity contribution in [2.45, 2.75) is 102 Å². The minimum atomic E-state index is -0.845. The summed E-state index contributed by atoms with van der Waals surface area (Å²) in [7, 11) is 0. The van der Waals surface area contributed by atoms with E-state index >= 15 is 0 Å². The molecule has 1 saturated carbocycles. The fraction of sp³-hybridized carbons (Fsp3) is 0.405. The van der Waals surface area contributed by atoms with E-state index < -0.39 is 30.7 Å². The van der Waals surface area contributed by atoms with Gasteiger partial charge in [-0.1, -0.05) is 128 Å². The molecule has 0 amide bonds. The highest BCUT2D eigenvalue weighted by Gasteiger charge is 2.50. The number of benzene rings is 4. The normalized spacial score (nSPS) is 25.2. The summed E-state index contributed by atoms with van der Waals surface area (Å²) < 4.78 is 46.0. The molecule has 0 spiro atoms. The lowest BCUT2D eigenvalue weighted by atomic mass is 9.93. The van der Waals surface area contributed by atoms with Crippen molar-refractivity contribution in [1.29, 1.82) is 0 Å². The average molecular weight is 681 g/mol. The number of hydrogen-bond acceptors (Lipinski definition) is 8. The third kappa shape index (κ3) is 10.6. The fourth-order valence-electron chi connectivity index (χ4n) is 6.60. The lowest BCUT2D eigenvalue weighted by molar-refractivity contribution is -0.342. The first-order valence-corrected chi connectivity index (χ1v) is 17.7. The van der Waals surface area contributed by atoms with Crippen molar-refractivity contribution in [2.75, 3.05) is 6.61 Å². The summed E-state index contributed by atoms with van der Waals surface area (Å²) in [5, 5.41) is 0. The van der Waals surface area contributed by atoms with Gasteiger partial charge in [0.05, 0.1) is 39.1 Å². The van der Waals surface area contributed by atoms with Crippen molar-refractivity contribution in [3.05, 3.63) is 144 Å². The molecule has 0 N–H and O–H groups in total. The molecular weight excluding hydrogens is 632 g/mol. The van der Waals surface area contributed by atoms with Crippen LogP contribution in [-0.4, -0.2) is 55.5 Å². The highest BCUT2D eigenvalue weighted by Crippen LogP contribution is 2.34. The van der Waals surface area contributed by atoms with Crippen molar-refractivity contribution < 1.29 is 38.0 Å². The number of carbonyl (C=O) groups is 1. The highest BCUT2D eigenvalue weighted by atomic mass is 16.7. The Hall–Kier alpha value is -3.89. The second kappa shape index (κ2) is 18.9. The Morgan fingerprint density at radius 1 is 0.580 bits per heavy atom. The molecule has 8 nitrogen and oxygen atoms in total. The van der Waals surface area contributed by atoms with E-state index in [2.05, 4.69) is 0 Å². The second-order valence-corrected chi connectivity index (χ2v) is 12.9. The predicted molar refractivity (Wildman–Crippen MR) is 189 cm³/mol. The highest BCUT2D eigenvalue weighted by molar-refractivity contribution is 5.66. The summed E-state index contributed by atoms with van der Waals surface area (Å²) in [6.45, 7) is 3.10. The maximum Gasteiger partial charge on any atom is 0.302 e. The van der Waals surface area contributed by atoms with Gasteiger partial charge in [-0.3, -0.25) is 4.79 Å². The van der Waals surface area contributed by atoms with Crippen LogP contribution in [0, 0.1) is 0 Å². The number of carbonyl (C=O) groups excluding carboxylic acids is 1. The van der Waals surface area contributed by atoms with Gasteiger partial charge in [0.25, 0.3) is 0 Å². The summed E-state index contributed by atoms with van der Waals surface area (Å²) in [4.78, 5) is 12.1. The van der Waals surface area contributed by atoms with Crippen LogP contribution < -0.4 is 0 Å². The van der Waals surface area contributed by atoms with E-state index in [0.717, 1.165) is 47.9 Å². The van der Waals surface area contributed by atoms with Crippen LogP contribution in [0.4, 0.5) is 0 Å². The first kappa shape index (κ1) is 35.9. The third-order valence-corrected chi connectivity index (χ3v) is 9.11. The van der Waals surface area contributed by atoms with Crippen molar-refractivity contribution in [2.24, 2.45) is 0 Å². The molecule has 8 heteroatoms. The van der Waals surface area contributed by atoms with Crippen molar-refractivity contribution in [3.8, 4) is 0 Å². The molecule has 4 aromatic carbocycles. The molecule has 1 heterocycles. The summed E-state index contributed by atoms with van der Waals surface area (Å²) in [5.74, 6) is -0.322. The average Bonchev–Trinajstić information content (AvgIpc) is 3.15. The van der Waals surface area contributed by atoms with Gasteiger partial charge in [0.15, 0.2) is 6.29 Å². The Labute approximate surface area is 295 Å². The van der Waals surface area contributed by atoms with Crippen LogP contribution in [-0.2, 0) is 64.4 Å². The molecule has 0 radical (unpaired) electrons. The van der Waals surface area contributed by atoms with E-state index in [-0.39, 0.29) is 24.8 Å². The molecule has 0 bridgehead atoms. The largest absolute Gasteiger partial charge is 0.460 e. The Morgan fingerprint density at radius 2 is 1.02 bits per heavy atom. The molecule has 1 saturated heterocycles. The van der Waals surface area contributed by atoms with Crippen LogP contribution in [0.5, 0.6) is 0 Å². The van der Waals surface area contributed by atoms with Gasteiger partial charge in [-0.15, -0.1) is 0 Å². The minimum absolute atomic E-state index is 0.239. The molecule has 7 atom stereocenters. The zero-order valence-corrected chi connectivity index (χ0v) is 28.7. The minimum Gasteiger partial charge on any atom is -0.460 e. The van der Waals surface area contributed by atoms with Crippen LogP contribution >= 0.6 is 0 Å². The zero-order valence-electron chi connectivity index (χ0n) is 28.7. The van der Waals surface area contributed by atoms with E-state index in [1.54, 1.807) is 0 Å². The lowest BCUT2D eigenvalue weighted by Gasteiger charge is -2.47. The van der Waals surface area contributed by atoms with Crippen LogP contribution in [0.1, 0.15) is 54.9 Å². The summed E-state index contributed by atoms with van der Waals surface area (Å²) in [6.07, 6.45) is -0.571. The third-order valence-electron chi connectivity index (χ3n) is 9.11. The monoisotopic (exact) mass is 680 g/mol. The molecule has 50 heavy (non-hydrogen) atoms. The smallest absolute Gasteiger partial charge is 0.302 e. The van der Waals surface area contributed by atoms with Gasteiger partial charge in [0, 0.05) is 6.92 Å². The van der Waals surface area contributed by atoms with Gasteiger partial charge in [-0.05, 0) is 41.5 Å². The Balaban J connectivity index is 1.32. The quantitative estimate of drug-likeness (QED) is 0.112. The standard InChI is InChI=1S/C42H48O8/c1-31(43)48-36-24-14-15-25-37(36)49-42-41(47-29-35-22-12-5-13-23-35)40(46-28-34-20-10-4-11-21-34)39(45-27-33-18-8-3-9-19-33)38(50-42)30-44-26-32-16-6-2-7-17-32/h2-13,16-23,36-42H,14-15,24-30H2,1H3/t36-,37-,38?,39?,40?,41?,42?/m0/s1. The topological polar surface area (TPSA) is 81.7 Å². The van der Waals surface area contributed by atoms with Crippen LogP contribution in [0.2, 0.25) is 0 Å². The maximum absolute atomic E-state index is 12.1. The molecule has 1 aliphatic carbocycles. The van der Waals surface area contributed by atoms with E-state index in [4.69, 9.17) is 33.2 Å². The predicted octanol–water partition coefficient (Wildman–Crippen LogP) is 7.58. The van der Waals surface area contributed by atoms with E-state index in [9.17, 15) is 4.79 Å². The first-order chi connectivity index (χ1) is 24.6.